The average Bonchev–Trinajstić information content (AvgIpc) is 3.27. The number of rotatable bonds is 8. The van der Waals surface area contributed by atoms with Crippen molar-refractivity contribution in [2.45, 2.75) is 12.6 Å². The fourth-order valence-electron chi connectivity index (χ4n) is 3.17. The van der Waals surface area contributed by atoms with Gasteiger partial charge in [-0.3, -0.25) is 10.4 Å². The molecule has 4 rings (SSSR count). The lowest BCUT2D eigenvalue weighted by Crippen LogP contribution is -2.27. The number of pyridine rings is 1. The quantitative estimate of drug-likeness (QED) is 0.270. The van der Waals surface area contributed by atoms with Gasteiger partial charge >= 0.3 is 6.09 Å². The van der Waals surface area contributed by atoms with Crippen LogP contribution in [0.5, 0.6) is 5.75 Å². The van der Waals surface area contributed by atoms with E-state index >= 15 is 0 Å². The van der Waals surface area contributed by atoms with Gasteiger partial charge in [-0.2, -0.15) is 0 Å². The van der Waals surface area contributed by atoms with Gasteiger partial charge in [0.15, 0.2) is 6.10 Å². The van der Waals surface area contributed by atoms with Crippen LogP contribution in [-0.2, 0) is 11.3 Å². The van der Waals surface area contributed by atoms with Gasteiger partial charge < -0.3 is 20.5 Å². The lowest BCUT2D eigenvalue weighted by molar-refractivity contribution is 0.0824. The van der Waals surface area contributed by atoms with Crippen molar-refractivity contribution in [1.82, 2.24) is 10.3 Å². The number of hydrogen-bond acceptors (Lipinski definition) is 6. The van der Waals surface area contributed by atoms with Crippen molar-refractivity contribution in [3.63, 3.8) is 0 Å². The van der Waals surface area contributed by atoms with Gasteiger partial charge in [0, 0.05) is 29.0 Å². The molecule has 0 radical (unpaired) electrons. The number of amides is 1. The predicted molar refractivity (Wildman–Crippen MR) is 125 cm³/mol. The molecule has 0 saturated heterocycles. The minimum atomic E-state index is -0.529. The second-order valence-electron chi connectivity index (χ2n) is 7.02. The summed E-state index contributed by atoms with van der Waals surface area (Å²) in [6, 6.07) is 20.8. The Morgan fingerprint density at radius 3 is 2.62 bits per heavy atom. The third-order valence-corrected chi connectivity index (χ3v) is 5.91. The number of fused-ring (bicyclic) bond motifs is 1. The molecule has 0 fully saturated rings. The number of nitrogens with two attached hydrogens (primary N) is 1. The van der Waals surface area contributed by atoms with E-state index in [2.05, 4.69) is 10.3 Å². The molecule has 162 valence electrons. The number of carbonyl (C=O) groups is 1. The van der Waals surface area contributed by atoms with Crippen LogP contribution < -0.4 is 15.8 Å². The number of aromatic nitrogens is 1. The molecule has 0 aliphatic rings. The van der Waals surface area contributed by atoms with Gasteiger partial charge in [-0.15, -0.1) is 11.3 Å². The Hall–Kier alpha value is -3.91. The summed E-state index contributed by atoms with van der Waals surface area (Å²) in [5, 5.41) is 11.3. The van der Waals surface area contributed by atoms with Gasteiger partial charge in [0.1, 0.15) is 18.2 Å². The fourth-order valence-corrected chi connectivity index (χ4v) is 4.11. The van der Waals surface area contributed by atoms with E-state index in [1.807, 2.05) is 66.7 Å². The number of hydrogen-bond donors (Lipinski definition) is 3. The smallest absolute Gasteiger partial charge is 0.407 e. The van der Waals surface area contributed by atoms with E-state index in [4.69, 9.17) is 20.6 Å². The largest absolute Gasteiger partial charge is 0.481 e. The molecular weight excluding hydrogens is 424 g/mol. The van der Waals surface area contributed by atoms with Crippen LogP contribution in [0.3, 0.4) is 0 Å². The predicted octanol–water partition coefficient (Wildman–Crippen LogP) is 4.63. The summed E-state index contributed by atoms with van der Waals surface area (Å²) in [7, 11) is 0. The molecule has 0 spiro atoms. The SMILES string of the molecule is N=C(N)c1cc2c(OC(COC(=O)NCc3ccncc3)c3ccccc3)cccc2s1. The number of nitrogens with zero attached hydrogens (tertiary/aromatic N) is 1. The summed E-state index contributed by atoms with van der Waals surface area (Å²) < 4.78 is 12.7. The summed E-state index contributed by atoms with van der Waals surface area (Å²) in [5.41, 5.74) is 7.47. The summed E-state index contributed by atoms with van der Waals surface area (Å²) in [6.07, 6.45) is 2.31. The van der Waals surface area contributed by atoms with Crippen LogP contribution in [0.1, 0.15) is 22.1 Å². The molecule has 0 aliphatic heterocycles. The standard InChI is InChI=1S/C24H22N4O3S/c25-23(26)22-13-18-19(7-4-8-21(18)32-22)31-20(17-5-2-1-3-6-17)15-30-24(29)28-14-16-9-11-27-12-10-16/h1-13,20H,14-15H2,(H3,25,26)(H,28,29). The lowest BCUT2D eigenvalue weighted by atomic mass is 10.1. The van der Waals surface area contributed by atoms with Gasteiger partial charge in [-0.25, -0.2) is 4.79 Å². The van der Waals surface area contributed by atoms with Crippen molar-refractivity contribution in [1.29, 1.82) is 5.41 Å². The number of carbonyl (C=O) groups excluding carboxylic acids is 1. The highest BCUT2D eigenvalue weighted by molar-refractivity contribution is 7.20. The molecule has 0 saturated carbocycles. The van der Waals surface area contributed by atoms with Crippen LogP contribution in [0, 0.1) is 5.41 Å². The Balaban J connectivity index is 1.49. The van der Waals surface area contributed by atoms with E-state index in [1.54, 1.807) is 12.4 Å². The molecule has 7 nitrogen and oxygen atoms in total. The maximum absolute atomic E-state index is 12.3. The summed E-state index contributed by atoms with van der Waals surface area (Å²) in [5.74, 6) is 0.659. The van der Waals surface area contributed by atoms with E-state index in [9.17, 15) is 4.79 Å². The molecule has 4 aromatic rings. The Bertz CT molecular complexity index is 1210. The van der Waals surface area contributed by atoms with Crippen molar-refractivity contribution in [3.8, 4) is 5.75 Å². The summed E-state index contributed by atoms with van der Waals surface area (Å²) in [4.78, 5) is 16.9. The van der Waals surface area contributed by atoms with Crippen molar-refractivity contribution in [3.05, 3.63) is 95.1 Å². The zero-order valence-electron chi connectivity index (χ0n) is 17.2. The first-order valence-corrected chi connectivity index (χ1v) is 10.8. The van der Waals surface area contributed by atoms with Gasteiger partial charge in [0.2, 0.25) is 0 Å². The minimum absolute atomic E-state index is 0.0194. The second kappa shape index (κ2) is 9.93. The van der Waals surface area contributed by atoms with Crippen LogP contribution in [0.4, 0.5) is 4.79 Å². The first kappa shape index (κ1) is 21.3. The molecule has 32 heavy (non-hydrogen) atoms. The molecule has 1 atom stereocenters. The summed E-state index contributed by atoms with van der Waals surface area (Å²) >= 11 is 1.44. The Labute approximate surface area is 189 Å². The van der Waals surface area contributed by atoms with Crippen LogP contribution in [0.15, 0.2) is 79.1 Å². The second-order valence-corrected chi connectivity index (χ2v) is 8.10. The minimum Gasteiger partial charge on any atom is -0.481 e. The Kier molecular flexibility index (Phi) is 6.62. The van der Waals surface area contributed by atoms with Gasteiger partial charge in [0.05, 0.1) is 4.88 Å². The van der Waals surface area contributed by atoms with Crippen molar-refractivity contribution >= 4 is 33.4 Å². The number of amidine groups is 1. The van der Waals surface area contributed by atoms with Crippen LogP contribution in [-0.4, -0.2) is 23.5 Å². The van der Waals surface area contributed by atoms with Crippen molar-refractivity contribution < 1.29 is 14.3 Å². The number of thiophene rings is 1. The molecular formula is C24H22N4O3S. The molecule has 1 unspecified atom stereocenters. The zero-order valence-corrected chi connectivity index (χ0v) is 18.0. The van der Waals surface area contributed by atoms with Gasteiger partial charge in [-0.1, -0.05) is 36.4 Å². The van der Waals surface area contributed by atoms with E-state index in [-0.39, 0.29) is 12.4 Å². The normalized spacial score (nSPS) is 11.6. The molecule has 2 aromatic carbocycles. The van der Waals surface area contributed by atoms with E-state index in [0.29, 0.717) is 17.2 Å². The average molecular weight is 447 g/mol. The number of ether oxygens (including phenoxy) is 2. The Morgan fingerprint density at radius 2 is 1.88 bits per heavy atom. The molecule has 8 heteroatoms. The maximum atomic E-state index is 12.3. The maximum Gasteiger partial charge on any atom is 0.407 e. The first-order valence-electron chi connectivity index (χ1n) is 9.98. The van der Waals surface area contributed by atoms with Gasteiger partial charge in [0.25, 0.3) is 0 Å². The molecule has 4 N–H and O–H groups in total. The van der Waals surface area contributed by atoms with E-state index < -0.39 is 12.2 Å². The molecule has 1 amide bonds. The first-order chi connectivity index (χ1) is 15.6. The summed E-state index contributed by atoms with van der Waals surface area (Å²) in [6.45, 7) is 0.381. The number of alkyl carbamates (subject to hydrolysis) is 1. The van der Waals surface area contributed by atoms with E-state index in [1.165, 1.54) is 11.3 Å². The number of nitrogens with one attached hydrogen (secondary N) is 2. The number of benzene rings is 2. The lowest BCUT2D eigenvalue weighted by Gasteiger charge is -2.20. The molecule has 0 aliphatic carbocycles. The fraction of sp³-hybridized carbons (Fsp3) is 0.125. The monoisotopic (exact) mass is 446 g/mol. The van der Waals surface area contributed by atoms with Gasteiger partial charge in [-0.05, 0) is 41.5 Å². The van der Waals surface area contributed by atoms with Crippen molar-refractivity contribution in [2.75, 3.05) is 6.61 Å². The molecule has 0 bridgehead atoms. The highest BCUT2D eigenvalue weighted by Gasteiger charge is 2.18. The number of nitrogen functional groups attached to an aromatic ring is 1. The Morgan fingerprint density at radius 1 is 1.09 bits per heavy atom. The van der Waals surface area contributed by atoms with Crippen LogP contribution in [0.2, 0.25) is 0 Å². The van der Waals surface area contributed by atoms with Crippen LogP contribution >= 0.6 is 11.3 Å². The third kappa shape index (κ3) is 5.22. The molecule has 2 aromatic heterocycles. The van der Waals surface area contributed by atoms with E-state index in [0.717, 1.165) is 21.2 Å². The van der Waals surface area contributed by atoms with Crippen LogP contribution in [0.25, 0.3) is 10.1 Å². The third-order valence-electron chi connectivity index (χ3n) is 4.78. The molecule has 2 heterocycles. The highest BCUT2D eigenvalue weighted by atomic mass is 32.1. The zero-order chi connectivity index (χ0) is 22.3. The highest BCUT2D eigenvalue weighted by Crippen LogP contribution is 2.35. The topological polar surface area (TPSA) is 110 Å². The van der Waals surface area contributed by atoms with Crippen molar-refractivity contribution in [2.24, 2.45) is 5.73 Å².